The van der Waals surface area contributed by atoms with Crippen molar-refractivity contribution in [1.29, 1.82) is 0 Å². The average molecular weight is 376 g/mol. The van der Waals surface area contributed by atoms with Gasteiger partial charge in [-0.25, -0.2) is 4.98 Å². The lowest BCUT2D eigenvalue weighted by atomic mass is 10.3. The van der Waals surface area contributed by atoms with Crippen molar-refractivity contribution in [3.05, 3.63) is 43.1 Å². The van der Waals surface area contributed by atoms with Gasteiger partial charge in [-0.2, -0.15) is 0 Å². The number of thiophene rings is 1. The summed E-state index contributed by atoms with van der Waals surface area (Å²) in [5, 5.41) is 3.33. The van der Waals surface area contributed by atoms with Gasteiger partial charge in [0.05, 0.1) is 9.48 Å². The highest BCUT2D eigenvalue weighted by Crippen LogP contribution is 2.22. The van der Waals surface area contributed by atoms with E-state index in [1.165, 1.54) is 8.66 Å². The molecule has 1 N–H and O–H groups in total. The Hall–Kier alpha value is -0.390. The Kier molecular flexibility index (Phi) is 4.59. The third kappa shape index (κ3) is 3.79. The molecule has 90 valence electrons. The first-order valence-corrected chi connectivity index (χ1v) is 7.66. The van der Waals surface area contributed by atoms with Crippen molar-refractivity contribution in [2.45, 2.75) is 13.3 Å². The Balaban J connectivity index is 1.87. The molecule has 2 aromatic heterocycles. The van der Waals surface area contributed by atoms with E-state index in [9.17, 15) is 0 Å². The molecular formula is C12H12Br2N2S. The molecule has 0 aliphatic heterocycles. The lowest BCUT2D eigenvalue weighted by Gasteiger charge is -2.06. The van der Waals surface area contributed by atoms with Crippen molar-refractivity contribution >= 4 is 49.0 Å². The fourth-order valence-corrected chi connectivity index (χ4v) is 3.15. The van der Waals surface area contributed by atoms with Crippen molar-refractivity contribution in [2.75, 3.05) is 11.9 Å². The molecule has 0 saturated heterocycles. The Morgan fingerprint density at radius 3 is 2.71 bits per heavy atom. The standard InChI is InChI=1S/C12H12Br2N2S/c1-8-10(13)3-5-12(16-8)15-7-6-9-2-4-11(14)17-9/h2-5H,6-7H2,1H3,(H,15,16). The fourth-order valence-electron chi connectivity index (χ4n) is 1.44. The quantitative estimate of drug-likeness (QED) is 0.842. The predicted octanol–water partition coefficient (Wildman–Crippen LogP) is 4.63. The number of aryl methyl sites for hydroxylation is 1. The number of nitrogens with one attached hydrogen (secondary N) is 1. The molecule has 2 nitrogen and oxygen atoms in total. The third-order valence-corrected chi connectivity index (χ3v) is 4.85. The molecule has 0 aliphatic rings. The van der Waals surface area contributed by atoms with Crippen LogP contribution in [0.1, 0.15) is 10.6 Å². The highest BCUT2D eigenvalue weighted by molar-refractivity contribution is 9.11. The van der Waals surface area contributed by atoms with Crippen LogP contribution in [0.4, 0.5) is 5.82 Å². The topological polar surface area (TPSA) is 24.9 Å². The highest BCUT2D eigenvalue weighted by Gasteiger charge is 2.00. The highest BCUT2D eigenvalue weighted by atomic mass is 79.9. The smallest absolute Gasteiger partial charge is 0.126 e. The van der Waals surface area contributed by atoms with Gasteiger partial charge in [0, 0.05) is 15.9 Å². The molecule has 0 spiro atoms. The second-order valence-corrected chi connectivity index (χ2v) is 7.05. The Morgan fingerprint density at radius 1 is 1.24 bits per heavy atom. The maximum absolute atomic E-state index is 4.45. The molecule has 2 heterocycles. The Morgan fingerprint density at radius 2 is 2.06 bits per heavy atom. The van der Waals surface area contributed by atoms with Gasteiger partial charge in [0.2, 0.25) is 0 Å². The summed E-state index contributed by atoms with van der Waals surface area (Å²) in [5.41, 5.74) is 1.01. The SMILES string of the molecule is Cc1nc(NCCc2ccc(Br)s2)ccc1Br. The third-order valence-electron chi connectivity index (χ3n) is 2.33. The molecule has 0 radical (unpaired) electrons. The molecule has 0 unspecified atom stereocenters. The van der Waals surface area contributed by atoms with Crippen LogP contribution in [-0.4, -0.2) is 11.5 Å². The average Bonchev–Trinajstić information content (AvgIpc) is 2.70. The first kappa shape index (κ1) is 13.1. The number of aromatic nitrogens is 1. The molecule has 0 aromatic carbocycles. The largest absolute Gasteiger partial charge is 0.370 e. The molecule has 0 amide bonds. The van der Waals surface area contributed by atoms with Crippen LogP contribution < -0.4 is 5.32 Å². The number of anilines is 1. The van der Waals surface area contributed by atoms with Gasteiger partial charge >= 0.3 is 0 Å². The number of halogens is 2. The second-order valence-electron chi connectivity index (χ2n) is 3.65. The second kappa shape index (κ2) is 5.98. The summed E-state index contributed by atoms with van der Waals surface area (Å²) in [6.45, 7) is 2.90. The monoisotopic (exact) mass is 374 g/mol. The summed E-state index contributed by atoms with van der Waals surface area (Å²) in [5.74, 6) is 0.932. The molecule has 0 atom stereocenters. The van der Waals surface area contributed by atoms with E-state index in [2.05, 4.69) is 54.3 Å². The number of rotatable bonds is 4. The minimum absolute atomic E-state index is 0.904. The molecule has 0 fully saturated rings. The van der Waals surface area contributed by atoms with Crippen LogP contribution >= 0.6 is 43.2 Å². The van der Waals surface area contributed by atoms with Crippen molar-refractivity contribution < 1.29 is 0 Å². The molecule has 0 saturated carbocycles. The van der Waals surface area contributed by atoms with Gasteiger partial charge in [0.15, 0.2) is 0 Å². The van der Waals surface area contributed by atoms with Crippen molar-refractivity contribution in [3.63, 3.8) is 0 Å². The minimum Gasteiger partial charge on any atom is -0.370 e. The maximum atomic E-state index is 4.45. The van der Waals surface area contributed by atoms with E-state index in [1.54, 1.807) is 11.3 Å². The van der Waals surface area contributed by atoms with Crippen LogP contribution in [0.2, 0.25) is 0 Å². The van der Waals surface area contributed by atoms with E-state index >= 15 is 0 Å². The van der Waals surface area contributed by atoms with E-state index in [4.69, 9.17) is 0 Å². The molecular weight excluding hydrogens is 364 g/mol. The summed E-state index contributed by atoms with van der Waals surface area (Å²) in [6, 6.07) is 8.24. The van der Waals surface area contributed by atoms with Gasteiger partial charge in [0.1, 0.15) is 5.82 Å². The number of nitrogens with zero attached hydrogens (tertiary/aromatic N) is 1. The lowest BCUT2D eigenvalue weighted by molar-refractivity contribution is 1.02. The zero-order valence-electron chi connectivity index (χ0n) is 9.34. The number of pyridine rings is 1. The van der Waals surface area contributed by atoms with Crippen LogP contribution in [0.25, 0.3) is 0 Å². The van der Waals surface area contributed by atoms with Crippen LogP contribution in [0.15, 0.2) is 32.5 Å². The Bertz CT molecular complexity index is 511. The Labute approximate surface area is 122 Å². The fraction of sp³-hybridized carbons (Fsp3) is 0.250. The van der Waals surface area contributed by atoms with E-state index in [-0.39, 0.29) is 0 Å². The van der Waals surface area contributed by atoms with Crippen LogP contribution in [0.3, 0.4) is 0 Å². The first-order chi connectivity index (χ1) is 8.15. The first-order valence-electron chi connectivity index (χ1n) is 5.26. The zero-order valence-corrected chi connectivity index (χ0v) is 13.3. The number of hydrogen-bond donors (Lipinski definition) is 1. The van der Waals surface area contributed by atoms with E-state index in [1.807, 2.05) is 19.1 Å². The van der Waals surface area contributed by atoms with Crippen LogP contribution in [0, 0.1) is 6.92 Å². The summed E-state index contributed by atoms with van der Waals surface area (Å²) in [6.07, 6.45) is 1.02. The van der Waals surface area contributed by atoms with Gasteiger partial charge in [-0.15, -0.1) is 11.3 Å². The van der Waals surface area contributed by atoms with Gasteiger partial charge < -0.3 is 5.32 Å². The summed E-state index contributed by atoms with van der Waals surface area (Å²) in [4.78, 5) is 5.82. The van der Waals surface area contributed by atoms with Crippen molar-refractivity contribution in [2.24, 2.45) is 0 Å². The lowest BCUT2D eigenvalue weighted by Crippen LogP contribution is -2.05. The molecule has 0 bridgehead atoms. The predicted molar refractivity (Wildman–Crippen MR) is 80.9 cm³/mol. The minimum atomic E-state index is 0.904. The number of hydrogen-bond acceptors (Lipinski definition) is 3. The normalized spacial score (nSPS) is 10.5. The zero-order chi connectivity index (χ0) is 12.3. The van der Waals surface area contributed by atoms with Gasteiger partial charge in [-0.3, -0.25) is 0 Å². The van der Waals surface area contributed by atoms with E-state index in [0.29, 0.717) is 0 Å². The molecule has 2 rings (SSSR count). The molecule has 2 aromatic rings. The van der Waals surface area contributed by atoms with Crippen LogP contribution in [0.5, 0.6) is 0 Å². The summed E-state index contributed by atoms with van der Waals surface area (Å²) in [7, 11) is 0. The van der Waals surface area contributed by atoms with E-state index < -0.39 is 0 Å². The molecule has 5 heteroatoms. The van der Waals surface area contributed by atoms with Crippen molar-refractivity contribution in [3.8, 4) is 0 Å². The van der Waals surface area contributed by atoms with Gasteiger partial charge in [0.25, 0.3) is 0 Å². The van der Waals surface area contributed by atoms with E-state index in [0.717, 1.165) is 29.0 Å². The van der Waals surface area contributed by atoms with Crippen LogP contribution in [-0.2, 0) is 6.42 Å². The maximum Gasteiger partial charge on any atom is 0.126 e. The van der Waals surface area contributed by atoms with Gasteiger partial charge in [-0.1, -0.05) is 0 Å². The molecule has 0 aliphatic carbocycles. The summed E-state index contributed by atoms with van der Waals surface area (Å²) < 4.78 is 2.23. The van der Waals surface area contributed by atoms with Crippen molar-refractivity contribution in [1.82, 2.24) is 4.98 Å². The van der Waals surface area contributed by atoms with Gasteiger partial charge in [-0.05, 0) is 69.5 Å². The molecule has 17 heavy (non-hydrogen) atoms. The summed E-state index contributed by atoms with van der Waals surface area (Å²) >= 11 is 8.69.